The molecule has 3 aromatic rings. The van der Waals surface area contributed by atoms with Gasteiger partial charge in [0.15, 0.2) is 0 Å². The SMILES string of the molecule is CC(C)Oc1ccc(S(=O)(=O)NCc2cncc(-c3ccnn3C)c2)cc1. The number of hydrogen-bond donors (Lipinski definition) is 1. The van der Waals surface area contributed by atoms with Crippen molar-refractivity contribution < 1.29 is 13.2 Å². The molecule has 1 aromatic carbocycles. The Hall–Kier alpha value is -2.71. The standard InChI is InChI=1S/C19H22N4O3S/c1-14(2)26-17-4-6-18(7-5-17)27(24,25)22-12-15-10-16(13-20-11-15)19-8-9-21-23(19)3/h4-11,13-14,22H,12H2,1-3H3. The number of aryl methyl sites for hydroxylation is 1. The van der Waals surface area contributed by atoms with Crippen molar-refractivity contribution in [3.8, 4) is 17.0 Å². The Morgan fingerprint density at radius 1 is 1.15 bits per heavy atom. The normalized spacial score (nSPS) is 11.7. The van der Waals surface area contributed by atoms with Gasteiger partial charge in [0, 0.05) is 37.7 Å². The number of aromatic nitrogens is 3. The molecule has 0 aliphatic heterocycles. The lowest BCUT2D eigenvalue weighted by Gasteiger charge is -2.11. The van der Waals surface area contributed by atoms with E-state index in [0.29, 0.717) is 5.75 Å². The van der Waals surface area contributed by atoms with Gasteiger partial charge in [-0.25, -0.2) is 13.1 Å². The maximum atomic E-state index is 12.5. The number of sulfonamides is 1. The first-order chi connectivity index (χ1) is 12.8. The van der Waals surface area contributed by atoms with Gasteiger partial charge in [-0.15, -0.1) is 0 Å². The van der Waals surface area contributed by atoms with Crippen LogP contribution in [-0.4, -0.2) is 29.3 Å². The third kappa shape index (κ3) is 4.72. The molecule has 0 amide bonds. The minimum atomic E-state index is -3.63. The van der Waals surface area contributed by atoms with Crippen LogP contribution in [0, 0.1) is 0 Å². The fourth-order valence-corrected chi connectivity index (χ4v) is 3.63. The summed E-state index contributed by atoms with van der Waals surface area (Å²) in [6.07, 6.45) is 5.10. The molecule has 0 radical (unpaired) electrons. The molecule has 27 heavy (non-hydrogen) atoms. The van der Waals surface area contributed by atoms with E-state index in [-0.39, 0.29) is 17.5 Å². The Kier molecular flexibility index (Phi) is 5.57. The fraction of sp³-hybridized carbons (Fsp3) is 0.263. The van der Waals surface area contributed by atoms with E-state index in [1.807, 2.05) is 33.0 Å². The quantitative estimate of drug-likeness (QED) is 0.675. The zero-order valence-electron chi connectivity index (χ0n) is 15.5. The summed E-state index contributed by atoms with van der Waals surface area (Å²) in [5.41, 5.74) is 2.55. The smallest absolute Gasteiger partial charge is 0.240 e. The van der Waals surface area contributed by atoms with Crippen LogP contribution in [0.2, 0.25) is 0 Å². The second-order valence-electron chi connectivity index (χ2n) is 6.38. The van der Waals surface area contributed by atoms with Crippen LogP contribution in [-0.2, 0) is 23.6 Å². The zero-order valence-corrected chi connectivity index (χ0v) is 16.3. The topological polar surface area (TPSA) is 86.1 Å². The summed E-state index contributed by atoms with van der Waals surface area (Å²) < 4.78 is 34.9. The average molecular weight is 386 g/mol. The monoisotopic (exact) mass is 386 g/mol. The molecule has 0 atom stereocenters. The maximum absolute atomic E-state index is 12.5. The Balaban J connectivity index is 1.71. The lowest BCUT2D eigenvalue weighted by atomic mass is 10.1. The number of hydrogen-bond acceptors (Lipinski definition) is 5. The van der Waals surface area contributed by atoms with Crippen LogP contribution in [0.25, 0.3) is 11.3 Å². The molecule has 0 bridgehead atoms. The van der Waals surface area contributed by atoms with E-state index in [1.165, 1.54) is 12.1 Å². The number of ether oxygens (including phenoxy) is 1. The van der Waals surface area contributed by atoms with Crippen molar-refractivity contribution in [2.75, 3.05) is 0 Å². The van der Waals surface area contributed by atoms with E-state index in [2.05, 4.69) is 14.8 Å². The van der Waals surface area contributed by atoms with Gasteiger partial charge in [0.2, 0.25) is 10.0 Å². The number of pyridine rings is 1. The van der Waals surface area contributed by atoms with E-state index in [0.717, 1.165) is 16.8 Å². The van der Waals surface area contributed by atoms with Crippen molar-refractivity contribution in [2.24, 2.45) is 7.05 Å². The second kappa shape index (κ2) is 7.89. The van der Waals surface area contributed by atoms with Gasteiger partial charge in [-0.2, -0.15) is 5.10 Å². The van der Waals surface area contributed by atoms with Gasteiger partial charge in [-0.1, -0.05) is 0 Å². The molecule has 0 spiro atoms. The molecule has 0 saturated carbocycles. The van der Waals surface area contributed by atoms with E-state index < -0.39 is 10.0 Å². The van der Waals surface area contributed by atoms with Gasteiger partial charge in [-0.05, 0) is 55.8 Å². The summed E-state index contributed by atoms with van der Waals surface area (Å²) in [6.45, 7) is 3.98. The lowest BCUT2D eigenvalue weighted by Crippen LogP contribution is -2.23. The number of nitrogens with zero attached hydrogens (tertiary/aromatic N) is 3. The molecule has 0 unspecified atom stereocenters. The maximum Gasteiger partial charge on any atom is 0.240 e. The molecule has 3 rings (SSSR count). The molecular weight excluding hydrogens is 364 g/mol. The minimum absolute atomic E-state index is 0.0322. The van der Waals surface area contributed by atoms with Crippen molar-refractivity contribution in [3.05, 3.63) is 60.6 Å². The summed E-state index contributed by atoms with van der Waals surface area (Å²) in [5, 5.41) is 4.14. The molecule has 0 aliphatic rings. The molecule has 0 saturated heterocycles. The van der Waals surface area contributed by atoms with Crippen LogP contribution in [0.5, 0.6) is 5.75 Å². The molecule has 2 aromatic heterocycles. The first-order valence-corrected chi connectivity index (χ1v) is 10.0. The van der Waals surface area contributed by atoms with Crippen molar-refractivity contribution in [2.45, 2.75) is 31.4 Å². The van der Waals surface area contributed by atoms with Gasteiger partial charge in [0.05, 0.1) is 16.7 Å². The first-order valence-electron chi connectivity index (χ1n) is 8.54. The molecule has 7 nitrogen and oxygen atoms in total. The third-order valence-electron chi connectivity index (χ3n) is 3.88. The van der Waals surface area contributed by atoms with Crippen LogP contribution in [0.3, 0.4) is 0 Å². The van der Waals surface area contributed by atoms with Gasteiger partial charge in [0.25, 0.3) is 0 Å². The molecule has 2 heterocycles. The van der Waals surface area contributed by atoms with E-state index in [4.69, 9.17) is 4.74 Å². The van der Waals surface area contributed by atoms with Crippen molar-refractivity contribution in [1.29, 1.82) is 0 Å². The Bertz CT molecular complexity index is 1010. The summed E-state index contributed by atoms with van der Waals surface area (Å²) in [4.78, 5) is 4.39. The number of rotatable bonds is 7. The van der Waals surface area contributed by atoms with E-state index >= 15 is 0 Å². The van der Waals surface area contributed by atoms with Gasteiger partial charge in [0.1, 0.15) is 5.75 Å². The molecule has 1 N–H and O–H groups in total. The molecular formula is C19H22N4O3S. The Morgan fingerprint density at radius 3 is 2.52 bits per heavy atom. The van der Waals surface area contributed by atoms with Crippen LogP contribution in [0.15, 0.2) is 59.9 Å². The Labute approximate surface area is 159 Å². The zero-order chi connectivity index (χ0) is 19.4. The predicted molar refractivity (Wildman–Crippen MR) is 103 cm³/mol. The summed E-state index contributed by atoms with van der Waals surface area (Å²) >= 11 is 0. The highest BCUT2D eigenvalue weighted by Crippen LogP contribution is 2.19. The summed E-state index contributed by atoms with van der Waals surface area (Å²) in [6, 6.07) is 10.1. The lowest BCUT2D eigenvalue weighted by molar-refractivity contribution is 0.242. The van der Waals surface area contributed by atoms with E-state index in [9.17, 15) is 8.42 Å². The van der Waals surface area contributed by atoms with Crippen molar-refractivity contribution in [1.82, 2.24) is 19.5 Å². The first kappa shape index (κ1) is 19.1. The summed E-state index contributed by atoms with van der Waals surface area (Å²) in [7, 11) is -1.78. The van der Waals surface area contributed by atoms with Crippen LogP contribution in [0.1, 0.15) is 19.4 Å². The molecule has 0 fully saturated rings. The van der Waals surface area contributed by atoms with E-state index in [1.54, 1.807) is 35.4 Å². The molecule has 8 heteroatoms. The average Bonchev–Trinajstić information content (AvgIpc) is 3.06. The Morgan fingerprint density at radius 2 is 1.89 bits per heavy atom. The van der Waals surface area contributed by atoms with Gasteiger partial charge in [-0.3, -0.25) is 9.67 Å². The fourth-order valence-electron chi connectivity index (χ4n) is 2.61. The van der Waals surface area contributed by atoms with Crippen LogP contribution >= 0.6 is 0 Å². The third-order valence-corrected chi connectivity index (χ3v) is 5.30. The molecule has 0 aliphatic carbocycles. The molecule has 142 valence electrons. The predicted octanol–water partition coefficient (Wildman–Crippen LogP) is 2.75. The largest absolute Gasteiger partial charge is 0.491 e. The van der Waals surface area contributed by atoms with Gasteiger partial charge < -0.3 is 4.74 Å². The highest BCUT2D eigenvalue weighted by molar-refractivity contribution is 7.89. The minimum Gasteiger partial charge on any atom is -0.491 e. The highest BCUT2D eigenvalue weighted by Gasteiger charge is 2.14. The van der Waals surface area contributed by atoms with Crippen molar-refractivity contribution in [3.63, 3.8) is 0 Å². The van der Waals surface area contributed by atoms with Crippen LogP contribution in [0.4, 0.5) is 0 Å². The summed E-state index contributed by atoms with van der Waals surface area (Å²) in [5.74, 6) is 0.636. The number of benzene rings is 1. The second-order valence-corrected chi connectivity index (χ2v) is 8.15. The van der Waals surface area contributed by atoms with Crippen molar-refractivity contribution >= 4 is 10.0 Å². The number of nitrogens with one attached hydrogen (secondary N) is 1. The van der Waals surface area contributed by atoms with Gasteiger partial charge >= 0.3 is 0 Å². The highest BCUT2D eigenvalue weighted by atomic mass is 32.2. The van der Waals surface area contributed by atoms with Crippen LogP contribution < -0.4 is 9.46 Å².